The molecular formula is C20H22N2O4. The quantitative estimate of drug-likeness (QED) is 0.828. The molecule has 1 aliphatic carbocycles. The molecule has 136 valence electrons. The first-order valence-electron chi connectivity index (χ1n) is 8.93. The lowest BCUT2D eigenvalue weighted by Gasteiger charge is -2.38. The van der Waals surface area contributed by atoms with Crippen LogP contribution in [0, 0.1) is 5.92 Å². The van der Waals surface area contributed by atoms with E-state index in [2.05, 4.69) is 10.3 Å². The number of amides is 1. The van der Waals surface area contributed by atoms with Crippen LogP contribution >= 0.6 is 0 Å². The molecule has 6 heteroatoms. The predicted octanol–water partition coefficient (Wildman–Crippen LogP) is 1.85. The Morgan fingerprint density at radius 3 is 2.85 bits per heavy atom. The first-order valence-corrected chi connectivity index (χ1v) is 8.93. The average Bonchev–Trinajstić information content (AvgIpc) is 3.07. The van der Waals surface area contributed by atoms with Gasteiger partial charge in [-0.3, -0.25) is 9.78 Å². The fraction of sp³-hybridized carbons (Fsp3) is 0.400. The zero-order valence-corrected chi connectivity index (χ0v) is 14.4. The Kier molecular flexibility index (Phi) is 4.75. The fourth-order valence-electron chi connectivity index (χ4n) is 3.53. The molecule has 1 amide bonds. The monoisotopic (exact) mass is 354 g/mol. The molecule has 2 aromatic rings. The van der Waals surface area contributed by atoms with Crippen molar-refractivity contribution in [2.75, 3.05) is 6.79 Å². The molecule has 1 unspecified atom stereocenters. The van der Waals surface area contributed by atoms with Gasteiger partial charge in [0.25, 0.3) is 0 Å². The number of aliphatic hydroxyl groups excluding tert-OH is 1. The molecule has 2 heterocycles. The van der Waals surface area contributed by atoms with Crippen molar-refractivity contribution in [3.8, 4) is 11.5 Å². The van der Waals surface area contributed by atoms with Crippen LogP contribution in [0.2, 0.25) is 0 Å². The Hall–Kier alpha value is -2.60. The number of benzene rings is 1. The Bertz CT molecular complexity index is 775. The van der Waals surface area contributed by atoms with Crippen LogP contribution in [-0.4, -0.2) is 34.9 Å². The van der Waals surface area contributed by atoms with Crippen LogP contribution in [0.15, 0.2) is 42.6 Å². The van der Waals surface area contributed by atoms with Gasteiger partial charge in [0.2, 0.25) is 12.7 Å². The third-order valence-electron chi connectivity index (χ3n) is 5.02. The summed E-state index contributed by atoms with van der Waals surface area (Å²) in [4.78, 5) is 16.9. The number of ether oxygens (including phenoxy) is 2. The van der Waals surface area contributed by atoms with Crippen LogP contribution in [0.25, 0.3) is 0 Å². The van der Waals surface area contributed by atoms with Crippen molar-refractivity contribution < 1.29 is 19.4 Å². The van der Waals surface area contributed by atoms with Crippen LogP contribution < -0.4 is 14.8 Å². The SMILES string of the molecule is O=C(Cc1ccc2c(c1)OCO2)NC(Cc1ccccn1)C1CC(O)C1. The van der Waals surface area contributed by atoms with Gasteiger partial charge in [-0.15, -0.1) is 0 Å². The van der Waals surface area contributed by atoms with E-state index in [0.29, 0.717) is 17.9 Å². The summed E-state index contributed by atoms with van der Waals surface area (Å²) < 4.78 is 10.7. The van der Waals surface area contributed by atoms with Crippen molar-refractivity contribution >= 4 is 5.91 Å². The summed E-state index contributed by atoms with van der Waals surface area (Å²) in [6.07, 6.45) is 3.91. The number of nitrogens with zero attached hydrogens (tertiary/aromatic N) is 1. The number of hydrogen-bond donors (Lipinski definition) is 2. The highest BCUT2D eigenvalue weighted by Crippen LogP contribution is 2.33. The summed E-state index contributed by atoms with van der Waals surface area (Å²) in [5, 5.41) is 12.8. The van der Waals surface area contributed by atoms with E-state index in [1.165, 1.54) is 0 Å². The highest BCUT2D eigenvalue weighted by Gasteiger charge is 2.35. The number of nitrogens with one attached hydrogen (secondary N) is 1. The standard InChI is InChI=1S/C20H22N2O4/c23-16-9-14(10-16)17(11-15-3-1-2-6-21-15)22-20(24)8-13-4-5-18-19(7-13)26-12-25-18/h1-7,14,16-17,23H,8-12H2,(H,22,24). The zero-order chi connectivity index (χ0) is 17.9. The second kappa shape index (κ2) is 7.33. The van der Waals surface area contributed by atoms with E-state index in [0.717, 1.165) is 24.1 Å². The van der Waals surface area contributed by atoms with Crippen molar-refractivity contribution in [1.82, 2.24) is 10.3 Å². The summed E-state index contributed by atoms with van der Waals surface area (Å²) in [5.74, 6) is 1.65. The topological polar surface area (TPSA) is 80.7 Å². The molecule has 0 spiro atoms. The molecule has 1 fully saturated rings. The van der Waals surface area contributed by atoms with Gasteiger partial charge in [-0.1, -0.05) is 12.1 Å². The number of aliphatic hydroxyl groups is 1. The van der Waals surface area contributed by atoms with E-state index in [1.54, 1.807) is 6.20 Å². The molecule has 1 saturated carbocycles. The molecule has 1 atom stereocenters. The Balaban J connectivity index is 1.40. The van der Waals surface area contributed by atoms with E-state index in [-0.39, 0.29) is 37.2 Å². The summed E-state index contributed by atoms with van der Waals surface area (Å²) in [5.41, 5.74) is 1.83. The van der Waals surface area contributed by atoms with Crippen molar-refractivity contribution in [3.05, 3.63) is 53.9 Å². The van der Waals surface area contributed by atoms with Gasteiger partial charge in [-0.2, -0.15) is 0 Å². The third-order valence-corrected chi connectivity index (χ3v) is 5.02. The highest BCUT2D eigenvalue weighted by atomic mass is 16.7. The van der Waals surface area contributed by atoms with Crippen molar-refractivity contribution in [3.63, 3.8) is 0 Å². The molecule has 1 aliphatic heterocycles. The zero-order valence-electron chi connectivity index (χ0n) is 14.4. The second-order valence-corrected chi connectivity index (χ2v) is 6.95. The first kappa shape index (κ1) is 16.8. The van der Waals surface area contributed by atoms with Crippen LogP contribution in [0.3, 0.4) is 0 Å². The maximum Gasteiger partial charge on any atom is 0.231 e. The molecular weight excluding hydrogens is 332 g/mol. The van der Waals surface area contributed by atoms with E-state index in [1.807, 2.05) is 36.4 Å². The molecule has 0 radical (unpaired) electrons. The average molecular weight is 354 g/mol. The number of aromatic nitrogens is 1. The highest BCUT2D eigenvalue weighted by molar-refractivity contribution is 5.79. The normalized spacial score (nSPS) is 21.7. The van der Waals surface area contributed by atoms with Gasteiger partial charge in [0.15, 0.2) is 11.5 Å². The number of hydrogen-bond acceptors (Lipinski definition) is 5. The minimum Gasteiger partial charge on any atom is -0.454 e. The van der Waals surface area contributed by atoms with Gasteiger partial charge in [0.1, 0.15) is 0 Å². The van der Waals surface area contributed by atoms with Gasteiger partial charge >= 0.3 is 0 Å². The number of pyridine rings is 1. The van der Waals surface area contributed by atoms with Crippen LogP contribution in [0.1, 0.15) is 24.1 Å². The van der Waals surface area contributed by atoms with Gasteiger partial charge in [-0.25, -0.2) is 0 Å². The molecule has 0 bridgehead atoms. The van der Waals surface area contributed by atoms with Crippen molar-refractivity contribution in [2.45, 2.75) is 37.8 Å². The smallest absolute Gasteiger partial charge is 0.231 e. The van der Waals surface area contributed by atoms with E-state index in [4.69, 9.17) is 9.47 Å². The van der Waals surface area contributed by atoms with E-state index < -0.39 is 0 Å². The van der Waals surface area contributed by atoms with Gasteiger partial charge < -0.3 is 19.9 Å². The summed E-state index contributed by atoms with van der Waals surface area (Å²) >= 11 is 0. The fourth-order valence-corrected chi connectivity index (χ4v) is 3.53. The van der Waals surface area contributed by atoms with Gasteiger partial charge in [0, 0.05) is 24.4 Å². The lowest BCUT2D eigenvalue weighted by molar-refractivity contribution is -0.122. The number of rotatable bonds is 6. The lowest BCUT2D eigenvalue weighted by atomic mass is 9.76. The van der Waals surface area contributed by atoms with Crippen molar-refractivity contribution in [1.29, 1.82) is 0 Å². The van der Waals surface area contributed by atoms with E-state index >= 15 is 0 Å². The summed E-state index contributed by atoms with van der Waals surface area (Å²) in [7, 11) is 0. The molecule has 1 aromatic carbocycles. The third kappa shape index (κ3) is 3.80. The summed E-state index contributed by atoms with van der Waals surface area (Å²) in [6, 6.07) is 11.3. The number of carbonyl (C=O) groups excluding carboxylic acids is 1. The molecule has 6 nitrogen and oxygen atoms in total. The second-order valence-electron chi connectivity index (χ2n) is 6.95. The molecule has 2 N–H and O–H groups in total. The molecule has 26 heavy (non-hydrogen) atoms. The lowest BCUT2D eigenvalue weighted by Crippen LogP contribution is -2.48. The van der Waals surface area contributed by atoms with Gasteiger partial charge in [-0.05, 0) is 48.6 Å². The van der Waals surface area contributed by atoms with Crippen LogP contribution in [0.5, 0.6) is 11.5 Å². The van der Waals surface area contributed by atoms with Crippen molar-refractivity contribution in [2.24, 2.45) is 5.92 Å². The largest absolute Gasteiger partial charge is 0.454 e. The Labute approximate surface area is 152 Å². The Morgan fingerprint density at radius 1 is 1.23 bits per heavy atom. The molecule has 2 aliphatic rings. The Morgan fingerprint density at radius 2 is 2.08 bits per heavy atom. The minimum absolute atomic E-state index is 0.0187. The molecule has 0 saturated heterocycles. The molecule has 1 aromatic heterocycles. The van der Waals surface area contributed by atoms with Crippen LogP contribution in [0.4, 0.5) is 0 Å². The maximum absolute atomic E-state index is 12.6. The molecule has 4 rings (SSSR count). The minimum atomic E-state index is -0.253. The first-order chi connectivity index (χ1) is 12.7. The van der Waals surface area contributed by atoms with Gasteiger partial charge in [0.05, 0.1) is 12.5 Å². The number of carbonyl (C=O) groups is 1. The maximum atomic E-state index is 12.6. The van der Waals surface area contributed by atoms with Crippen LogP contribution in [-0.2, 0) is 17.6 Å². The van der Waals surface area contributed by atoms with E-state index in [9.17, 15) is 9.90 Å². The predicted molar refractivity (Wildman–Crippen MR) is 94.9 cm³/mol. The summed E-state index contributed by atoms with van der Waals surface area (Å²) in [6.45, 7) is 0.223. The number of fused-ring (bicyclic) bond motifs is 1.